The van der Waals surface area contributed by atoms with E-state index < -0.39 is 5.97 Å². The molecule has 27 heavy (non-hydrogen) atoms. The Morgan fingerprint density at radius 2 is 1.37 bits per heavy atom. The molecule has 4 heteroatoms. The number of benzene rings is 2. The first-order valence-electron chi connectivity index (χ1n) is 9.49. The van der Waals surface area contributed by atoms with Crippen molar-refractivity contribution < 1.29 is 14.5 Å². The van der Waals surface area contributed by atoms with E-state index in [2.05, 4.69) is 38.1 Å². The average Bonchev–Trinajstić information content (AvgIpc) is 2.52. The summed E-state index contributed by atoms with van der Waals surface area (Å²) in [7, 11) is 0. The molecule has 0 bridgehead atoms. The third-order valence-electron chi connectivity index (χ3n) is 5.27. The first kappa shape index (κ1) is 19.2. The first-order chi connectivity index (χ1) is 12.7. The fourth-order valence-corrected chi connectivity index (χ4v) is 4.60. The van der Waals surface area contributed by atoms with Gasteiger partial charge in [-0.15, -0.1) is 0 Å². The first-order valence-corrected chi connectivity index (χ1v) is 9.49. The third-order valence-corrected chi connectivity index (χ3v) is 5.27. The number of anilines is 1. The summed E-state index contributed by atoms with van der Waals surface area (Å²) in [5.74, 6) is -0.889. The van der Waals surface area contributed by atoms with Crippen molar-refractivity contribution in [1.82, 2.24) is 0 Å². The highest BCUT2D eigenvalue weighted by Gasteiger charge is 2.34. The standard InChI is InChI=1S/C23H28N2O2/c1-14-10-16(3)20(17(4)11-14)24-8-7-9-25(22(24)23(26)27)21-18(5)12-15(2)13-19(21)6/h10-13H,7-9H2,1-6H3. The lowest BCUT2D eigenvalue weighted by molar-refractivity contribution is -0.449. The van der Waals surface area contributed by atoms with Crippen molar-refractivity contribution in [3.05, 3.63) is 57.6 Å². The highest BCUT2D eigenvalue weighted by molar-refractivity contribution is 6.37. The summed E-state index contributed by atoms with van der Waals surface area (Å²) in [6, 6.07) is 8.43. The summed E-state index contributed by atoms with van der Waals surface area (Å²) in [5.41, 5.74) is 8.68. The van der Waals surface area contributed by atoms with Crippen LogP contribution in [-0.2, 0) is 4.79 Å². The van der Waals surface area contributed by atoms with Gasteiger partial charge in [0.15, 0.2) is 5.97 Å². The zero-order chi connectivity index (χ0) is 19.9. The van der Waals surface area contributed by atoms with E-state index >= 15 is 0 Å². The highest BCUT2D eigenvalue weighted by atomic mass is 16.4. The lowest BCUT2D eigenvalue weighted by Gasteiger charge is -2.30. The van der Waals surface area contributed by atoms with E-state index in [0.29, 0.717) is 13.1 Å². The molecule has 0 aromatic heterocycles. The van der Waals surface area contributed by atoms with Crippen molar-refractivity contribution in [2.24, 2.45) is 0 Å². The van der Waals surface area contributed by atoms with Crippen LogP contribution in [0.5, 0.6) is 0 Å². The quantitative estimate of drug-likeness (QED) is 0.786. The Morgan fingerprint density at radius 3 is 1.85 bits per heavy atom. The van der Waals surface area contributed by atoms with E-state index in [1.807, 2.05) is 37.2 Å². The van der Waals surface area contributed by atoms with E-state index in [1.54, 1.807) is 0 Å². The molecule has 4 nitrogen and oxygen atoms in total. The molecule has 1 aliphatic rings. The maximum absolute atomic E-state index is 12.3. The second kappa shape index (κ2) is 7.18. The Morgan fingerprint density at radius 1 is 0.889 bits per heavy atom. The van der Waals surface area contributed by atoms with Crippen LogP contribution in [0.1, 0.15) is 39.8 Å². The number of hydrogen-bond acceptors (Lipinski definition) is 3. The largest absolute Gasteiger partial charge is 0.538 e. The minimum Gasteiger partial charge on any atom is -0.538 e. The predicted molar refractivity (Wildman–Crippen MR) is 108 cm³/mol. The van der Waals surface area contributed by atoms with Crippen LogP contribution in [0.25, 0.3) is 0 Å². The Hall–Kier alpha value is -2.62. The van der Waals surface area contributed by atoms with Gasteiger partial charge >= 0.3 is 5.84 Å². The molecular formula is C23H28N2O2. The van der Waals surface area contributed by atoms with Gasteiger partial charge < -0.3 is 9.90 Å². The lowest BCUT2D eigenvalue weighted by Crippen LogP contribution is -2.53. The molecule has 0 amide bonds. The maximum atomic E-state index is 12.3. The SMILES string of the molecule is Cc1cc(C)c(N2CCC[N+](c3c(C)cc(C)cc3C)=C2C(=O)[O-])c(C)c1. The number of nitrogens with zero attached hydrogens (tertiary/aromatic N) is 2. The van der Waals surface area contributed by atoms with Gasteiger partial charge in [0.2, 0.25) is 0 Å². The molecule has 3 rings (SSSR count). The minimum atomic E-state index is -1.13. The molecule has 0 atom stereocenters. The van der Waals surface area contributed by atoms with E-state index in [0.717, 1.165) is 40.0 Å². The molecule has 0 saturated carbocycles. The normalized spacial score (nSPS) is 14.7. The van der Waals surface area contributed by atoms with Crippen molar-refractivity contribution in [3.8, 4) is 0 Å². The van der Waals surface area contributed by atoms with Crippen molar-refractivity contribution in [3.63, 3.8) is 0 Å². The number of rotatable bonds is 3. The molecule has 1 aliphatic heterocycles. The van der Waals surface area contributed by atoms with Gasteiger partial charge in [0.25, 0.3) is 0 Å². The van der Waals surface area contributed by atoms with Crippen LogP contribution in [-0.4, -0.2) is 29.5 Å². The van der Waals surface area contributed by atoms with E-state index in [1.165, 1.54) is 11.1 Å². The fourth-order valence-electron chi connectivity index (χ4n) is 4.60. The number of aliphatic carboxylic acids is 1. The number of amidine groups is 1. The number of carbonyl (C=O) groups is 1. The van der Waals surface area contributed by atoms with Crippen molar-refractivity contribution in [2.45, 2.75) is 48.0 Å². The number of carbonyl (C=O) groups excluding carboxylic acids is 1. The van der Waals surface area contributed by atoms with Crippen LogP contribution in [0.3, 0.4) is 0 Å². The molecule has 0 unspecified atom stereocenters. The zero-order valence-corrected chi connectivity index (χ0v) is 17.1. The number of aryl methyl sites for hydroxylation is 6. The van der Waals surface area contributed by atoms with Crippen molar-refractivity contribution >= 4 is 23.2 Å². The van der Waals surface area contributed by atoms with Gasteiger partial charge in [-0.05, 0) is 63.8 Å². The van der Waals surface area contributed by atoms with Crippen LogP contribution < -0.4 is 10.0 Å². The Labute approximate surface area is 161 Å². The minimum absolute atomic E-state index is 0.242. The van der Waals surface area contributed by atoms with E-state index in [4.69, 9.17) is 0 Å². The van der Waals surface area contributed by atoms with Crippen molar-refractivity contribution in [1.29, 1.82) is 0 Å². The van der Waals surface area contributed by atoms with Crippen LogP contribution >= 0.6 is 0 Å². The van der Waals surface area contributed by atoms with Crippen LogP contribution in [0, 0.1) is 41.5 Å². The van der Waals surface area contributed by atoms with Gasteiger partial charge in [0.1, 0.15) is 11.4 Å². The maximum Gasteiger partial charge on any atom is 0.305 e. The Bertz CT molecular complexity index is 911. The number of carboxylic acid groups (broad SMARTS) is 1. The fraction of sp³-hybridized carbons (Fsp3) is 0.391. The van der Waals surface area contributed by atoms with Gasteiger partial charge in [-0.2, -0.15) is 0 Å². The van der Waals surface area contributed by atoms with Crippen LogP contribution in [0.15, 0.2) is 24.3 Å². The number of carboxylic acids is 1. The average molecular weight is 364 g/mol. The molecule has 0 N–H and O–H groups in total. The smallest absolute Gasteiger partial charge is 0.305 e. The predicted octanol–water partition coefficient (Wildman–Crippen LogP) is 3.24. The molecule has 2 aromatic rings. The molecule has 0 fully saturated rings. The molecule has 0 aliphatic carbocycles. The van der Waals surface area contributed by atoms with Gasteiger partial charge in [0, 0.05) is 6.42 Å². The van der Waals surface area contributed by atoms with Gasteiger partial charge in [0.05, 0.1) is 13.1 Å². The summed E-state index contributed by atoms with van der Waals surface area (Å²) >= 11 is 0. The zero-order valence-electron chi connectivity index (χ0n) is 17.1. The van der Waals surface area contributed by atoms with E-state index in [9.17, 15) is 9.90 Å². The molecule has 0 saturated heterocycles. The van der Waals surface area contributed by atoms with Gasteiger partial charge in [-0.3, -0.25) is 0 Å². The highest BCUT2D eigenvalue weighted by Crippen LogP contribution is 2.31. The second-order valence-corrected chi connectivity index (χ2v) is 7.76. The summed E-state index contributed by atoms with van der Waals surface area (Å²) in [6.45, 7) is 13.7. The van der Waals surface area contributed by atoms with Crippen LogP contribution in [0.4, 0.5) is 11.4 Å². The second-order valence-electron chi connectivity index (χ2n) is 7.76. The van der Waals surface area contributed by atoms with Gasteiger partial charge in [-0.25, -0.2) is 9.48 Å². The summed E-state index contributed by atoms with van der Waals surface area (Å²) in [6.07, 6.45) is 0.885. The molecular weight excluding hydrogens is 336 g/mol. The van der Waals surface area contributed by atoms with Crippen LogP contribution in [0.2, 0.25) is 0 Å². The summed E-state index contributed by atoms with van der Waals surface area (Å²) < 4.78 is 1.93. The van der Waals surface area contributed by atoms with Crippen molar-refractivity contribution in [2.75, 3.05) is 18.0 Å². The molecule has 1 heterocycles. The molecule has 0 radical (unpaired) electrons. The summed E-state index contributed by atoms with van der Waals surface area (Å²) in [4.78, 5) is 14.2. The molecule has 142 valence electrons. The Kier molecular flexibility index (Phi) is 5.09. The lowest BCUT2D eigenvalue weighted by atomic mass is 10.0. The monoisotopic (exact) mass is 364 g/mol. The topological polar surface area (TPSA) is 46.4 Å². The number of hydrogen-bond donors (Lipinski definition) is 0. The Balaban J connectivity index is 2.28. The van der Waals surface area contributed by atoms with Gasteiger partial charge in [-0.1, -0.05) is 35.4 Å². The summed E-state index contributed by atoms with van der Waals surface area (Å²) in [5, 5.41) is 12.3. The molecule has 0 spiro atoms. The van der Waals surface area contributed by atoms with E-state index in [-0.39, 0.29) is 5.84 Å². The molecule has 2 aromatic carbocycles. The third kappa shape index (κ3) is 3.48.